The van der Waals surface area contributed by atoms with Gasteiger partial charge in [0.1, 0.15) is 11.9 Å². The number of aromatic nitrogens is 4. The van der Waals surface area contributed by atoms with Crippen molar-refractivity contribution in [3.05, 3.63) is 40.3 Å². The second-order valence-electron chi connectivity index (χ2n) is 8.17. The monoisotopic (exact) mass is 482 g/mol. The second kappa shape index (κ2) is 11.3. The third kappa shape index (κ3) is 6.23. The molecule has 13 heteroatoms. The molecule has 0 aliphatic carbocycles. The van der Waals surface area contributed by atoms with Gasteiger partial charge in [-0.3, -0.25) is 14.4 Å². The van der Waals surface area contributed by atoms with Gasteiger partial charge in [-0.15, -0.1) is 5.10 Å². The van der Waals surface area contributed by atoms with Gasteiger partial charge in [-0.1, -0.05) is 5.21 Å². The Labute approximate surface area is 194 Å². The number of anilines is 1. The van der Waals surface area contributed by atoms with Crippen molar-refractivity contribution in [1.29, 1.82) is 0 Å². The van der Waals surface area contributed by atoms with Crippen LogP contribution in [0.4, 0.5) is 14.5 Å². The lowest BCUT2D eigenvalue weighted by molar-refractivity contribution is -0.145. The summed E-state index contributed by atoms with van der Waals surface area (Å²) in [6, 6.07) is 1.15. The van der Waals surface area contributed by atoms with Crippen LogP contribution in [0.3, 0.4) is 0 Å². The van der Waals surface area contributed by atoms with Crippen LogP contribution in [0.15, 0.2) is 23.3 Å². The average Bonchev–Trinajstić information content (AvgIpc) is 3.29. The summed E-state index contributed by atoms with van der Waals surface area (Å²) in [6.07, 6.45) is 1.58. The van der Waals surface area contributed by atoms with Crippen molar-refractivity contribution in [2.45, 2.75) is 57.7 Å². The Balaban J connectivity index is 1.57. The highest BCUT2D eigenvalue weighted by atomic mass is 19.1. The van der Waals surface area contributed by atoms with Crippen molar-refractivity contribution in [2.24, 2.45) is 0 Å². The molecule has 1 aliphatic rings. The lowest BCUT2D eigenvalue weighted by Gasteiger charge is -2.31. The number of pyridine rings is 1. The molecule has 11 nitrogen and oxygen atoms in total. The maximum atomic E-state index is 14.6. The predicted molar refractivity (Wildman–Crippen MR) is 116 cm³/mol. The Morgan fingerprint density at radius 3 is 2.85 bits per heavy atom. The molecule has 2 aromatic rings. The van der Waals surface area contributed by atoms with Gasteiger partial charge < -0.3 is 24.6 Å². The predicted octanol–water partition coefficient (Wildman–Crippen LogP) is 0.636. The normalized spacial score (nSPS) is 17.9. The number of carbonyl (C=O) groups is 2. The number of methoxy groups -OCH3 is 1. The van der Waals surface area contributed by atoms with E-state index in [2.05, 4.69) is 15.6 Å². The molecule has 1 aliphatic heterocycles. The van der Waals surface area contributed by atoms with Crippen LogP contribution in [0, 0.1) is 5.82 Å². The summed E-state index contributed by atoms with van der Waals surface area (Å²) < 4.78 is 36.3. The van der Waals surface area contributed by atoms with E-state index in [1.807, 2.05) is 0 Å². The van der Waals surface area contributed by atoms with Gasteiger partial charge in [-0.2, -0.15) is 4.39 Å². The van der Waals surface area contributed by atoms with Gasteiger partial charge in [0.25, 0.3) is 5.56 Å². The molecule has 0 radical (unpaired) electrons. The number of hydrogen-bond acceptors (Lipinski definition) is 7. The SMILES string of the molecule is COC1CCCN(C(=O)C(=O)Nc2ccn(CCC(F)Cn3cc(C(C)O)nn3)c(=O)c2F)C1. The highest BCUT2D eigenvalue weighted by molar-refractivity contribution is 6.39. The largest absolute Gasteiger partial charge is 0.387 e. The number of ether oxygens (including phenoxy) is 1. The number of aliphatic hydroxyl groups excluding tert-OH is 1. The van der Waals surface area contributed by atoms with Crippen molar-refractivity contribution in [2.75, 3.05) is 25.5 Å². The molecule has 3 atom stereocenters. The number of nitrogens with zero attached hydrogens (tertiary/aromatic N) is 5. The van der Waals surface area contributed by atoms with Crippen LogP contribution >= 0.6 is 0 Å². The van der Waals surface area contributed by atoms with Gasteiger partial charge in [0.2, 0.25) is 5.82 Å². The lowest BCUT2D eigenvalue weighted by Crippen LogP contribution is -2.47. The van der Waals surface area contributed by atoms with Crippen LogP contribution in [0.2, 0.25) is 0 Å². The lowest BCUT2D eigenvalue weighted by atomic mass is 10.1. The third-order valence-electron chi connectivity index (χ3n) is 5.60. The van der Waals surface area contributed by atoms with Crippen molar-refractivity contribution in [3.8, 4) is 0 Å². The molecule has 0 aromatic carbocycles. The van der Waals surface area contributed by atoms with E-state index < -0.39 is 41.2 Å². The standard InChI is InChI=1S/C21H28F2N6O5/c1-13(30)17-12-29(26-25-17)10-14(22)5-8-27-9-6-16(18(23)20(27)32)24-19(31)21(33)28-7-3-4-15(11-28)34-2/h6,9,12-15,30H,3-5,7-8,10-11H2,1-2H3,(H,24,31). The minimum absolute atomic E-state index is 0.108. The van der Waals surface area contributed by atoms with Gasteiger partial charge >= 0.3 is 11.8 Å². The summed E-state index contributed by atoms with van der Waals surface area (Å²) in [6.45, 7) is 1.89. The fourth-order valence-electron chi connectivity index (χ4n) is 3.62. The fraction of sp³-hybridized carbons (Fsp3) is 0.571. The first kappa shape index (κ1) is 25.4. The average molecular weight is 482 g/mol. The maximum Gasteiger partial charge on any atom is 0.313 e. The molecule has 0 bridgehead atoms. The number of carbonyl (C=O) groups excluding carboxylic acids is 2. The van der Waals surface area contributed by atoms with E-state index in [4.69, 9.17) is 4.74 Å². The number of piperidine rings is 1. The van der Waals surface area contributed by atoms with E-state index in [1.54, 1.807) is 0 Å². The van der Waals surface area contributed by atoms with Gasteiger partial charge in [0.05, 0.1) is 30.6 Å². The fourth-order valence-corrected chi connectivity index (χ4v) is 3.62. The first-order chi connectivity index (χ1) is 16.2. The summed E-state index contributed by atoms with van der Waals surface area (Å²) in [7, 11) is 1.52. The van der Waals surface area contributed by atoms with Crippen molar-refractivity contribution < 1.29 is 28.2 Å². The number of aliphatic hydroxyl groups is 1. The van der Waals surface area contributed by atoms with Crippen molar-refractivity contribution >= 4 is 17.5 Å². The molecule has 2 N–H and O–H groups in total. The van der Waals surface area contributed by atoms with Crippen LogP contribution < -0.4 is 10.9 Å². The summed E-state index contributed by atoms with van der Waals surface area (Å²) in [5.74, 6) is -3.14. The molecule has 2 aromatic heterocycles. The van der Waals surface area contributed by atoms with E-state index in [9.17, 15) is 28.3 Å². The minimum atomic E-state index is -1.41. The Morgan fingerprint density at radius 1 is 1.41 bits per heavy atom. The van der Waals surface area contributed by atoms with E-state index in [1.165, 1.54) is 36.0 Å². The zero-order valence-electron chi connectivity index (χ0n) is 19.0. The van der Waals surface area contributed by atoms with Crippen LogP contribution in [-0.4, -0.2) is 73.9 Å². The van der Waals surface area contributed by atoms with E-state index in [0.717, 1.165) is 17.1 Å². The third-order valence-corrected chi connectivity index (χ3v) is 5.60. The van der Waals surface area contributed by atoms with Gasteiger partial charge in [-0.05, 0) is 32.3 Å². The number of amides is 2. The molecule has 3 heterocycles. The quantitative estimate of drug-likeness (QED) is 0.528. The smallest absolute Gasteiger partial charge is 0.313 e. The number of aryl methyl sites for hydroxylation is 1. The summed E-state index contributed by atoms with van der Waals surface area (Å²) in [5.41, 5.74) is -1.17. The highest BCUT2D eigenvalue weighted by Crippen LogP contribution is 2.15. The topological polar surface area (TPSA) is 132 Å². The molecule has 1 saturated heterocycles. The molecular formula is C21H28F2N6O5. The molecule has 0 saturated carbocycles. The number of alkyl halides is 1. The number of nitrogens with one attached hydrogen (secondary N) is 1. The molecule has 186 valence electrons. The Kier molecular flexibility index (Phi) is 8.45. The van der Waals surface area contributed by atoms with Gasteiger partial charge in [0.15, 0.2) is 0 Å². The first-order valence-electron chi connectivity index (χ1n) is 10.9. The van der Waals surface area contributed by atoms with E-state index in [0.29, 0.717) is 18.7 Å². The zero-order valence-corrected chi connectivity index (χ0v) is 19.0. The van der Waals surface area contributed by atoms with E-state index >= 15 is 0 Å². The Bertz CT molecular complexity index is 1070. The summed E-state index contributed by atoms with van der Waals surface area (Å²) in [5, 5.41) is 19.0. The molecular weight excluding hydrogens is 454 g/mol. The Morgan fingerprint density at radius 2 is 2.18 bits per heavy atom. The van der Waals surface area contributed by atoms with Crippen LogP contribution in [-0.2, 0) is 27.4 Å². The molecule has 3 unspecified atom stereocenters. The van der Waals surface area contributed by atoms with Crippen LogP contribution in [0.5, 0.6) is 0 Å². The van der Waals surface area contributed by atoms with E-state index in [-0.39, 0.29) is 32.2 Å². The van der Waals surface area contributed by atoms with Crippen molar-refractivity contribution in [3.63, 3.8) is 0 Å². The maximum absolute atomic E-state index is 14.6. The first-order valence-corrected chi connectivity index (χ1v) is 10.9. The Hall–Kier alpha value is -3.19. The highest BCUT2D eigenvalue weighted by Gasteiger charge is 2.28. The van der Waals surface area contributed by atoms with Crippen LogP contribution in [0.1, 0.15) is 38.0 Å². The molecule has 2 amide bonds. The minimum Gasteiger partial charge on any atom is -0.387 e. The molecule has 0 spiro atoms. The van der Waals surface area contributed by atoms with Gasteiger partial charge in [-0.25, -0.2) is 9.07 Å². The summed E-state index contributed by atoms with van der Waals surface area (Å²) in [4.78, 5) is 38.3. The number of rotatable bonds is 8. The van der Waals surface area contributed by atoms with Crippen molar-refractivity contribution in [1.82, 2.24) is 24.5 Å². The summed E-state index contributed by atoms with van der Waals surface area (Å²) >= 11 is 0. The van der Waals surface area contributed by atoms with Gasteiger partial charge in [0, 0.05) is 32.9 Å². The zero-order chi connectivity index (χ0) is 24.8. The number of hydrogen-bond donors (Lipinski definition) is 2. The molecule has 1 fully saturated rings. The molecule has 34 heavy (non-hydrogen) atoms. The number of halogens is 2. The molecule has 3 rings (SSSR count). The van der Waals surface area contributed by atoms with Crippen LogP contribution in [0.25, 0.3) is 0 Å². The number of likely N-dealkylation sites (tertiary alicyclic amines) is 1. The second-order valence-corrected chi connectivity index (χ2v) is 8.17.